The molecule has 0 aliphatic heterocycles. The first kappa shape index (κ1) is 16.6. The molecule has 130 valence electrons. The third-order valence-electron chi connectivity index (χ3n) is 5.09. The highest BCUT2D eigenvalue weighted by Crippen LogP contribution is 2.28. The predicted molar refractivity (Wildman–Crippen MR) is 110 cm³/mol. The fourth-order valence-electron chi connectivity index (χ4n) is 3.86. The molecule has 1 heterocycles. The van der Waals surface area contributed by atoms with Crippen LogP contribution >= 0.6 is 0 Å². The van der Waals surface area contributed by atoms with E-state index in [9.17, 15) is 0 Å². The number of rotatable bonds is 3. The summed E-state index contributed by atoms with van der Waals surface area (Å²) in [5.41, 5.74) is 10.0. The molecule has 0 atom stereocenters. The molecule has 2 heteroatoms. The van der Waals surface area contributed by atoms with Crippen molar-refractivity contribution in [2.24, 2.45) is 0 Å². The summed E-state index contributed by atoms with van der Waals surface area (Å²) in [6.45, 7) is 9.54. The fourth-order valence-corrected chi connectivity index (χ4v) is 3.86. The number of hydrogen-bond donors (Lipinski definition) is 0. The monoisotopic (exact) mass is 340 g/mol. The van der Waals surface area contributed by atoms with Crippen molar-refractivity contribution in [1.82, 2.24) is 9.55 Å². The zero-order chi connectivity index (χ0) is 18.3. The number of hydrogen-bond acceptors (Lipinski definition) is 1. The van der Waals surface area contributed by atoms with Crippen molar-refractivity contribution in [2.75, 3.05) is 0 Å². The molecule has 0 spiro atoms. The van der Waals surface area contributed by atoms with Crippen LogP contribution < -0.4 is 0 Å². The molecule has 0 aliphatic carbocycles. The minimum Gasteiger partial charge on any atom is -0.319 e. The molecule has 0 N–H and O–H groups in total. The quantitative estimate of drug-likeness (QED) is 0.448. The van der Waals surface area contributed by atoms with Crippen LogP contribution in [0.15, 0.2) is 60.7 Å². The van der Waals surface area contributed by atoms with Crippen LogP contribution in [-0.2, 0) is 6.54 Å². The van der Waals surface area contributed by atoms with E-state index in [0.29, 0.717) is 0 Å². The van der Waals surface area contributed by atoms with Crippen molar-refractivity contribution in [2.45, 2.75) is 34.2 Å². The van der Waals surface area contributed by atoms with Gasteiger partial charge in [0.15, 0.2) is 0 Å². The summed E-state index contributed by atoms with van der Waals surface area (Å²) in [7, 11) is 0. The second-order valence-electron chi connectivity index (χ2n) is 7.26. The molecule has 0 radical (unpaired) electrons. The molecule has 0 saturated carbocycles. The Hall–Kier alpha value is -2.87. The lowest BCUT2D eigenvalue weighted by molar-refractivity contribution is 0.821. The van der Waals surface area contributed by atoms with E-state index in [-0.39, 0.29) is 0 Å². The minimum absolute atomic E-state index is 0.835. The van der Waals surface area contributed by atoms with E-state index in [1.807, 2.05) is 0 Å². The fraction of sp³-hybridized carbons (Fsp3) is 0.208. The zero-order valence-electron chi connectivity index (χ0n) is 15.9. The molecule has 0 aliphatic rings. The minimum atomic E-state index is 0.835. The molecule has 4 aromatic rings. The van der Waals surface area contributed by atoms with Gasteiger partial charge in [0.2, 0.25) is 0 Å². The van der Waals surface area contributed by atoms with Gasteiger partial charge in [-0.15, -0.1) is 0 Å². The number of imidazole rings is 1. The standard InChI is InChI=1S/C24H24N2/c1-16-8-7-9-20(14-16)24-25-22-10-5-6-11-23(22)26(24)15-21-18(3)12-17(2)13-19(21)4/h5-14H,15H2,1-4H3. The Kier molecular flexibility index (Phi) is 4.12. The van der Waals surface area contributed by atoms with E-state index in [1.165, 1.54) is 38.9 Å². The van der Waals surface area contributed by atoms with Crippen LogP contribution in [-0.4, -0.2) is 9.55 Å². The normalized spacial score (nSPS) is 11.2. The van der Waals surface area contributed by atoms with Gasteiger partial charge in [0.1, 0.15) is 5.82 Å². The number of nitrogens with zero attached hydrogens (tertiary/aromatic N) is 2. The lowest BCUT2D eigenvalue weighted by atomic mass is 9.99. The molecule has 26 heavy (non-hydrogen) atoms. The van der Waals surface area contributed by atoms with Crippen LogP contribution in [0, 0.1) is 27.7 Å². The highest BCUT2D eigenvalue weighted by molar-refractivity contribution is 5.81. The van der Waals surface area contributed by atoms with Gasteiger partial charge in [-0.3, -0.25) is 0 Å². The second kappa shape index (κ2) is 6.45. The average molecular weight is 340 g/mol. The SMILES string of the molecule is Cc1cccc(-c2nc3ccccc3n2Cc2c(C)cc(C)cc2C)c1. The molecule has 4 rings (SSSR count). The average Bonchev–Trinajstić information content (AvgIpc) is 2.96. The molecule has 0 fully saturated rings. The Morgan fingerprint density at radius 1 is 0.769 bits per heavy atom. The van der Waals surface area contributed by atoms with Gasteiger partial charge in [0.05, 0.1) is 17.6 Å². The van der Waals surface area contributed by atoms with Crippen molar-refractivity contribution in [1.29, 1.82) is 0 Å². The predicted octanol–water partition coefficient (Wildman–Crippen LogP) is 5.99. The number of fused-ring (bicyclic) bond motifs is 1. The van der Waals surface area contributed by atoms with E-state index in [4.69, 9.17) is 4.98 Å². The number of aryl methyl sites for hydroxylation is 4. The molecular formula is C24H24N2. The molecule has 0 unspecified atom stereocenters. The van der Waals surface area contributed by atoms with Crippen LogP contribution in [0.2, 0.25) is 0 Å². The number of para-hydroxylation sites is 2. The van der Waals surface area contributed by atoms with Gasteiger partial charge in [-0.2, -0.15) is 0 Å². The highest BCUT2D eigenvalue weighted by atomic mass is 15.1. The Bertz CT molecular complexity index is 1080. The van der Waals surface area contributed by atoms with Crippen LogP contribution in [0.1, 0.15) is 27.8 Å². The van der Waals surface area contributed by atoms with E-state index in [0.717, 1.165) is 17.9 Å². The van der Waals surface area contributed by atoms with Crippen molar-refractivity contribution in [3.63, 3.8) is 0 Å². The van der Waals surface area contributed by atoms with Gasteiger partial charge < -0.3 is 4.57 Å². The van der Waals surface area contributed by atoms with Crippen LogP contribution in [0.5, 0.6) is 0 Å². The molecule has 1 aromatic heterocycles. The molecular weight excluding hydrogens is 316 g/mol. The largest absolute Gasteiger partial charge is 0.319 e. The molecule has 3 aromatic carbocycles. The first-order valence-electron chi connectivity index (χ1n) is 9.12. The molecule has 0 saturated heterocycles. The Balaban J connectivity index is 1.93. The van der Waals surface area contributed by atoms with E-state index in [1.54, 1.807) is 0 Å². The zero-order valence-corrected chi connectivity index (χ0v) is 15.9. The molecule has 2 nitrogen and oxygen atoms in total. The van der Waals surface area contributed by atoms with Crippen LogP contribution in [0.3, 0.4) is 0 Å². The van der Waals surface area contributed by atoms with E-state index >= 15 is 0 Å². The van der Waals surface area contributed by atoms with Gasteiger partial charge in [0.25, 0.3) is 0 Å². The summed E-state index contributed by atoms with van der Waals surface area (Å²) in [5, 5.41) is 0. The maximum absolute atomic E-state index is 4.96. The topological polar surface area (TPSA) is 17.8 Å². The van der Waals surface area contributed by atoms with Gasteiger partial charge >= 0.3 is 0 Å². The summed E-state index contributed by atoms with van der Waals surface area (Å²) in [4.78, 5) is 4.96. The number of aromatic nitrogens is 2. The third kappa shape index (κ3) is 2.92. The van der Waals surface area contributed by atoms with Crippen molar-refractivity contribution >= 4 is 11.0 Å². The van der Waals surface area contributed by atoms with E-state index in [2.05, 4.69) is 92.9 Å². The lowest BCUT2D eigenvalue weighted by Gasteiger charge is -2.15. The lowest BCUT2D eigenvalue weighted by Crippen LogP contribution is -2.06. The van der Waals surface area contributed by atoms with Crippen LogP contribution in [0.25, 0.3) is 22.4 Å². The Morgan fingerprint density at radius 3 is 2.23 bits per heavy atom. The first-order chi connectivity index (χ1) is 12.5. The Morgan fingerprint density at radius 2 is 1.50 bits per heavy atom. The van der Waals surface area contributed by atoms with Crippen LogP contribution in [0.4, 0.5) is 0 Å². The van der Waals surface area contributed by atoms with Crippen molar-refractivity contribution in [3.8, 4) is 11.4 Å². The summed E-state index contributed by atoms with van der Waals surface area (Å²) in [5.74, 6) is 1.04. The van der Waals surface area contributed by atoms with Gasteiger partial charge in [-0.1, -0.05) is 53.6 Å². The Labute approximate surface area is 155 Å². The number of benzene rings is 3. The smallest absolute Gasteiger partial charge is 0.141 e. The van der Waals surface area contributed by atoms with Gasteiger partial charge in [-0.25, -0.2) is 4.98 Å². The summed E-state index contributed by atoms with van der Waals surface area (Å²) in [6, 6.07) is 21.6. The van der Waals surface area contributed by atoms with E-state index < -0.39 is 0 Å². The highest BCUT2D eigenvalue weighted by Gasteiger charge is 2.15. The maximum Gasteiger partial charge on any atom is 0.141 e. The van der Waals surface area contributed by atoms with Gasteiger partial charge in [-0.05, 0) is 62.6 Å². The second-order valence-corrected chi connectivity index (χ2v) is 7.26. The van der Waals surface area contributed by atoms with Crippen molar-refractivity contribution < 1.29 is 0 Å². The summed E-state index contributed by atoms with van der Waals surface area (Å²) < 4.78 is 2.36. The molecule has 0 amide bonds. The summed E-state index contributed by atoms with van der Waals surface area (Å²) >= 11 is 0. The van der Waals surface area contributed by atoms with Gasteiger partial charge in [0, 0.05) is 5.56 Å². The maximum atomic E-state index is 4.96. The molecule has 0 bridgehead atoms. The van der Waals surface area contributed by atoms with Crippen molar-refractivity contribution in [3.05, 3.63) is 88.5 Å². The first-order valence-corrected chi connectivity index (χ1v) is 9.12. The summed E-state index contributed by atoms with van der Waals surface area (Å²) in [6.07, 6.45) is 0. The third-order valence-corrected chi connectivity index (χ3v) is 5.09.